The van der Waals surface area contributed by atoms with E-state index in [9.17, 15) is 17.6 Å². The van der Waals surface area contributed by atoms with E-state index in [-0.39, 0.29) is 11.4 Å². The summed E-state index contributed by atoms with van der Waals surface area (Å²) in [6, 6.07) is 14.0. The third-order valence-electron chi connectivity index (χ3n) is 5.64. The third-order valence-corrected chi connectivity index (χ3v) is 7.67. The van der Waals surface area contributed by atoms with E-state index in [0.717, 1.165) is 5.52 Å². The number of nitrogens with zero attached hydrogens (tertiary/aromatic N) is 2. The molecule has 7 heteroatoms. The second-order valence-electron chi connectivity index (χ2n) is 7.05. The molecule has 0 aliphatic carbocycles. The van der Waals surface area contributed by atoms with Crippen LogP contribution in [0.25, 0.3) is 22.2 Å². The number of fused-ring (bicyclic) bond motifs is 5. The molecule has 4 rings (SSSR count). The lowest BCUT2D eigenvalue weighted by atomic mass is 10.0. The van der Waals surface area contributed by atoms with Gasteiger partial charge in [0.15, 0.2) is 15.1 Å². The monoisotopic (exact) mass is 413 g/mol. The van der Waals surface area contributed by atoms with Crippen molar-refractivity contribution in [3.05, 3.63) is 54.1 Å². The molecule has 0 spiro atoms. The molecule has 1 unspecified atom stereocenters. The first-order valence-corrected chi connectivity index (χ1v) is 11.3. The van der Waals surface area contributed by atoms with Crippen LogP contribution in [0.15, 0.2) is 53.4 Å². The van der Waals surface area contributed by atoms with Gasteiger partial charge in [0, 0.05) is 35.1 Å². The standard InChI is InChI=1S/C22H23FN2O3S/c1-3-24(4-2)22(26)21-19-15-9-5-7-11-17(15)25(14-13-23)20(19)16-10-6-8-12-18(16)29(21,27)28/h5-12,21H,3-4,13-14H2,1-2H3/i23-1. The van der Waals surface area contributed by atoms with Crippen LogP contribution >= 0.6 is 0 Å². The number of para-hydroxylation sites is 1. The summed E-state index contributed by atoms with van der Waals surface area (Å²) >= 11 is 0. The van der Waals surface area contributed by atoms with Crippen molar-refractivity contribution in [3.63, 3.8) is 0 Å². The number of carbonyl (C=O) groups excluding carboxylic acids is 1. The normalized spacial score (nSPS) is 17.0. The lowest BCUT2D eigenvalue weighted by molar-refractivity contribution is -0.130. The van der Waals surface area contributed by atoms with Crippen molar-refractivity contribution < 1.29 is 17.6 Å². The smallest absolute Gasteiger partial charge is 0.245 e. The van der Waals surface area contributed by atoms with Crippen molar-refractivity contribution in [1.29, 1.82) is 0 Å². The summed E-state index contributed by atoms with van der Waals surface area (Å²) in [6.07, 6.45) is 0. The number of carbonyl (C=O) groups is 1. The van der Waals surface area contributed by atoms with E-state index in [4.69, 9.17) is 0 Å². The number of benzene rings is 2. The van der Waals surface area contributed by atoms with Gasteiger partial charge < -0.3 is 9.47 Å². The molecule has 1 aromatic heterocycles. The molecule has 2 aromatic carbocycles. The first kappa shape index (κ1) is 19.6. The van der Waals surface area contributed by atoms with E-state index in [1.54, 1.807) is 27.7 Å². The Bertz CT molecular complexity index is 1200. The number of likely N-dealkylation sites (N-methyl/N-ethyl adjacent to an activating group) is 1. The minimum Gasteiger partial charge on any atom is -0.342 e. The van der Waals surface area contributed by atoms with Crippen molar-refractivity contribution in [2.45, 2.75) is 30.5 Å². The summed E-state index contributed by atoms with van der Waals surface area (Å²) in [5, 5.41) is -0.655. The summed E-state index contributed by atoms with van der Waals surface area (Å²) in [5.41, 5.74) is 2.35. The molecular weight excluding hydrogens is 390 g/mol. The number of amides is 1. The van der Waals surface area contributed by atoms with Gasteiger partial charge >= 0.3 is 0 Å². The van der Waals surface area contributed by atoms with Crippen LogP contribution in [0.3, 0.4) is 0 Å². The van der Waals surface area contributed by atoms with E-state index >= 15 is 0 Å². The number of aryl methyl sites for hydroxylation is 1. The number of alkyl halides is 1. The average Bonchev–Trinajstić information content (AvgIpc) is 3.03. The maximum absolute atomic E-state index is 13.6. The van der Waals surface area contributed by atoms with E-state index in [1.165, 1.54) is 6.07 Å². The highest BCUT2D eigenvalue weighted by Gasteiger charge is 2.46. The van der Waals surface area contributed by atoms with Crippen LogP contribution in [0.4, 0.5) is 4.39 Å². The summed E-state index contributed by atoms with van der Waals surface area (Å²) in [7, 11) is -3.95. The van der Waals surface area contributed by atoms with Gasteiger partial charge in [-0.1, -0.05) is 36.4 Å². The first-order chi connectivity index (χ1) is 14.0. The minimum atomic E-state index is -3.95. The van der Waals surface area contributed by atoms with Crippen LogP contribution in [-0.4, -0.2) is 43.6 Å². The van der Waals surface area contributed by atoms with Crippen molar-refractivity contribution >= 4 is 26.6 Å². The maximum atomic E-state index is 13.6. The van der Waals surface area contributed by atoms with Gasteiger partial charge in [-0.05, 0) is 26.0 Å². The van der Waals surface area contributed by atoms with E-state index in [0.29, 0.717) is 35.3 Å². The highest BCUT2D eigenvalue weighted by atomic mass is 32.2. The zero-order valence-corrected chi connectivity index (χ0v) is 17.2. The molecule has 29 heavy (non-hydrogen) atoms. The Morgan fingerprint density at radius 2 is 1.72 bits per heavy atom. The second-order valence-corrected chi connectivity index (χ2v) is 9.05. The van der Waals surface area contributed by atoms with Gasteiger partial charge in [-0.25, -0.2) is 12.8 Å². The van der Waals surface area contributed by atoms with Gasteiger partial charge in [-0.2, -0.15) is 0 Å². The minimum absolute atomic E-state index is 0.0937. The predicted molar refractivity (Wildman–Crippen MR) is 111 cm³/mol. The largest absolute Gasteiger partial charge is 0.342 e. The molecule has 0 saturated carbocycles. The number of hydrogen-bond donors (Lipinski definition) is 0. The number of sulfone groups is 1. The maximum Gasteiger partial charge on any atom is 0.245 e. The Morgan fingerprint density at radius 1 is 1.07 bits per heavy atom. The zero-order valence-electron chi connectivity index (χ0n) is 16.4. The molecule has 0 bridgehead atoms. The summed E-state index contributed by atoms with van der Waals surface area (Å²) in [5.74, 6) is -0.436. The van der Waals surface area contributed by atoms with Crippen LogP contribution in [-0.2, 0) is 21.2 Å². The van der Waals surface area contributed by atoms with Gasteiger partial charge in [-0.3, -0.25) is 4.79 Å². The molecule has 1 aliphatic rings. The van der Waals surface area contributed by atoms with Crippen molar-refractivity contribution in [2.75, 3.05) is 19.8 Å². The lowest BCUT2D eigenvalue weighted by Crippen LogP contribution is -2.39. The van der Waals surface area contributed by atoms with Gasteiger partial charge in [-0.15, -0.1) is 0 Å². The van der Waals surface area contributed by atoms with Crippen molar-refractivity contribution in [3.8, 4) is 11.3 Å². The Labute approximate surface area is 169 Å². The molecule has 152 valence electrons. The molecule has 2 heterocycles. The Balaban J connectivity index is 2.15. The molecule has 0 fully saturated rings. The molecule has 5 nitrogen and oxygen atoms in total. The average molecular weight is 414 g/mol. The highest BCUT2D eigenvalue weighted by Crippen LogP contribution is 2.49. The molecule has 1 amide bonds. The first-order valence-electron chi connectivity index (χ1n) is 9.76. The number of halogens is 1. The Hall–Kier alpha value is -2.67. The van der Waals surface area contributed by atoms with Crippen LogP contribution in [0.5, 0.6) is 0 Å². The van der Waals surface area contributed by atoms with Gasteiger partial charge in [0.05, 0.1) is 17.1 Å². The summed E-state index contributed by atoms with van der Waals surface area (Å²) in [4.78, 5) is 15.1. The fourth-order valence-electron chi connectivity index (χ4n) is 4.35. The topological polar surface area (TPSA) is 59.4 Å². The van der Waals surface area contributed by atoms with Crippen LogP contribution in [0.2, 0.25) is 0 Å². The molecule has 1 aliphatic heterocycles. The zero-order chi connectivity index (χ0) is 20.8. The van der Waals surface area contributed by atoms with Gasteiger partial charge in [0.25, 0.3) is 0 Å². The molecule has 0 radical (unpaired) electrons. The van der Waals surface area contributed by atoms with E-state index in [1.807, 2.05) is 38.1 Å². The fraction of sp³-hybridized carbons (Fsp3) is 0.318. The van der Waals surface area contributed by atoms with E-state index in [2.05, 4.69) is 0 Å². The van der Waals surface area contributed by atoms with Crippen LogP contribution in [0, 0.1) is 0 Å². The quantitative estimate of drug-likeness (QED) is 0.636. The van der Waals surface area contributed by atoms with E-state index < -0.39 is 27.7 Å². The van der Waals surface area contributed by atoms with Crippen LogP contribution < -0.4 is 0 Å². The number of aromatic nitrogens is 1. The Kier molecular flexibility index (Phi) is 4.94. The third kappa shape index (κ3) is 2.79. The predicted octanol–water partition coefficient (Wildman–Crippen LogP) is 3.97. The number of hydrogen-bond acceptors (Lipinski definition) is 3. The molecule has 0 saturated heterocycles. The molecule has 0 N–H and O–H groups in total. The summed E-state index contributed by atoms with van der Waals surface area (Å²) < 4.78 is 42.5. The molecule has 1 atom stereocenters. The number of rotatable bonds is 5. The summed E-state index contributed by atoms with van der Waals surface area (Å²) in [6.45, 7) is 4.00. The fourth-order valence-corrected chi connectivity index (χ4v) is 6.31. The molecular formula is C22H23FN2O3S. The lowest BCUT2D eigenvalue weighted by Gasteiger charge is -2.30. The van der Waals surface area contributed by atoms with Crippen molar-refractivity contribution in [2.24, 2.45) is 0 Å². The Morgan fingerprint density at radius 3 is 2.41 bits per heavy atom. The van der Waals surface area contributed by atoms with Crippen LogP contribution in [0.1, 0.15) is 24.7 Å². The highest BCUT2D eigenvalue weighted by molar-refractivity contribution is 7.92. The second kappa shape index (κ2) is 7.30. The van der Waals surface area contributed by atoms with Gasteiger partial charge in [0.2, 0.25) is 5.91 Å². The van der Waals surface area contributed by atoms with Crippen molar-refractivity contribution in [1.82, 2.24) is 9.47 Å². The SMILES string of the molecule is CCN(CC)C(=O)C1c2c(n(CC[18F])c3ccccc23)-c2ccccc2S1(=O)=O. The molecule has 3 aromatic rings. The van der Waals surface area contributed by atoms with Gasteiger partial charge in [0.1, 0.15) is 6.67 Å².